The van der Waals surface area contributed by atoms with Gasteiger partial charge in [-0.1, -0.05) is 71.9 Å². The minimum atomic E-state index is -1.11. The largest absolute Gasteiger partial charge is 0.454 e. The number of nitrogens with zero attached hydrogens (tertiary/aromatic N) is 1. The predicted molar refractivity (Wildman–Crippen MR) is 134 cm³/mol. The van der Waals surface area contributed by atoms with E-state index in [9.17, 15) is 19.2 Å². The monoisotopic (exact) mass is 478 g/mol. The number of fused-ring (bicyclic) bond motifs is 1. The van der Waals surface area contributed by atoms with Gasteiger partial charge < -0.3 is 10.1 Å². The van der Waals surface area contributed by atoms with Crippen molar-refractivity contribution in [3.8, 4) is 0 Å². The lowest BCUT2D eigenvalue weighted by atomic mass is 9.92. The van der Waals surface area contributed by atoms with Gasteiger partial charge in [0.15, 0.2) is 6.61 Å². The van der Waals surface area contributed by atoms with Gasteiger partial charge >= 0.3 is 5.97 Å². The topological polar surface area (TPSA) is 92.8 Å². The summed E-state index contributed by atoms with van der Waals surface area (Å²) in [6, 6.07) is 11.3. The Balaban J connectivity index is 1.76. The molecule has 3 rings (SSSR count). The van der Waals surface area contributed by atoms with Crippen molar-refractivity contribution < 1.29 is 23.9 Å². The highest BCUT2D eigenvalue weighted by Gasteiger charge is 2.43. The Bertz CT molecular complexity index is 1070. The van der Waals surface area contributed by atoms with Crippen LogP contribution in [-0.2, 0) is 14.3 Å². The smallest absolute Gasteiger partial charge is 0.329 e. The van der Waals surface area contributed by atoms with E-state index in [2.05, 4.69) is 5.32 Å². The summed E-state index contributed by atoms with van der Waals surface area (Å²) in [6.07, 6.45) is 0.236. The average Bonchev–Trinajstić information content (AvgIpc) is 3.05. The second-order valence-electron chi connectivity index (χ2n) is 9.95. The molecule has 1 aliphatic heterocycles. The molecule has 3 amide bonds. The maximum absolute atomic E-state index is 13.1. The standard InChI is InChI=1S/C28H34N2O5/c1-16(2)14-23(30-26(32)21-10-7-8-11-22(21)27(30)33)28(34)35-15-24(31)29-25-19(17(3)4)12-9-13-20(25)18(5)6/h7-13,16-18,23H,14-15H2,1-6H3,(H,29,31)/t23-/m1/s1. The lowest BCUT2D eigenvalue weighted by Gasteiger charge is -2.26. The van der Waals surface area contributed by atoms with Crippen molar-refractivity contribution in [3.63, 3.8) is 0 Å². The van der Waals surface area contributed by atoms with Crippen LogP contribution in [0.2, 0.25) is 0 Å². The molecule has 2 aromatic rings. The zero-order valence-electron chi connectivity index (χ0n) is 21.3. The molecule has 0 bridgehead atoms. The number of hydrogen-bond acceptors (Lipinski definition) is 5. The predicted octanol–water partition coefficient (Wildman–Crippen LogP) is 5.13. The van der Waals surface area contributed by atoms with Crippen LogP contribution in [-0.4, -0.2) is 41.2 Å². The van der Waals surface area contributed by atoms with Crippen LogP contribution in [0, 0.1) is 5.92 Å². The van der Waals surface area contributed by atoms with Crippen LogP contribution in [0.3, 0.4) is 0 Å². The van der Waals surface area contributed by atoms with Crippen LogP contribution in [0.5, 0.6) is 0 Å². The van der Waals surface area contributed by atoms with Gasteiger partial charge in [0.1, 0.15) is 6.04 Å². The molecule has 0 saturated carbocycles. The highest BCUT2D eigenvalue weighted by molar-refractivity contribution is 6.22. The van der Waals surface area contributed by atoms with Crippen molar-refractivity contribution in [2.75, 3.05) is 11.9 Å². The Kier molecular flexibility index (Phi) is 8.10. The molecule has 1 N–H and O–H groups in total. The second-order valence-corrected chi connectivity index (χ2v) is 9.95. The Morgan fingerprint density at radius 2 is 1.34 bits per heavy atom. The summed E-state index contributed by atoms with van der Waals surface area (Å²) in [6.45, 7) is 11.5. The Hall–Kier alpha value is -3.48. The molecule has 2 aromatic carbocycles. The van der Waals surface area contributed by atoms with E-state index in [4.69, 9.17) is 4.74 Å². The molecule has 1 heterocycles. The van der Waals surface area contributed by atoms with E-state index < -0.39 is 36.3 Å². The first kappa shape index (κ1) is 26.1. The highest BCUT2D eigenvalue weighted by atomic mass is 16.5. The van der Waals surface area contributed by atoms with Crippen molar-refractivity contribution in [1.82, 2.24) is 4.90 Å². The van der Waals surface area contributed by atoms with Crippen LogP contribution in [0.1, 0.15) is 91.6 Å². The fourth-order valence-electron chi connectivity index (χ4n) is 4.35. The number of nitrogens with one attached hydrogen (secondary N) is 1. The number of hydrogen-bond donors (Lipinski definition) is 1. The number of para-hydroxylation sites is 1. The third-order valence-corrected chi connectivity index (χ3v) is 6.09. The van der Waals surface area contributed by atoms with E-state index >= 15 is 0 Å². The molecule has 0 aliphatic carbocycles. The molecule has 1 aliphatic rings. The SMILES string of the molecule is CC(C)C[C@H](C(=O)OCC(=O)Nc1c(C(C)C)cccc1C(C)C)N1C(=O)c2ccccc2C1=O. The molecular formula is C28H34N2O5. The molecule has 0 spiro atoms. The normalized spacial score (nSPS) is 14.0. The van der Waals surface area contributed by atoms with E-state index in [0.29, 0.717) is 0 Å². The van der Waals surface area contributed by atoms with E-state index in [0.717, 1.165) is 21.7 Å². The van der Waals surface area contributed by atoms with Crippen molar-refractivity contribution in [1.29, 1.82) is 0 Å². The van der Waals surface area contributed by atoms with Crippen molar-refractivity contribution in [2.45, 2.75) is 65.8 Å². The number of carbonyl (C=O) groups excluding carboxylic acids is 4. The molecule has 7 heteroatoms. The number of carbonyl (C=O) groups is 4. The minimum Gasteiger partial charge on any atom is -0.454 e. The van der Waals surface area contributed by atoms with Gasteiger partial charge in [0.05, 0.1) is 11.1 Å². The number of anilines is 1. The van der Waals surface area contributed by atoms with E-state index in [1.165, 1.54) is 0 Å². The summed E-state index contributed by atoms with van der Waals surface area (Å²) in [5.41, 5.74) is 3.27. The summed E-state index contributed by atoms with van der Waals surface area (Å²) >= 11 is 0. The molecule has 0 saturated heterocycles. The number of amides is 3. The first-order valence-electron chi connectivity index (χ1n) is 12.1. The maximum atomic E-state index is 13.1. The second kappa shape index (κ2) is 10.8. The number of imide groups is 1. The van der Waals surface area contributed by atoms with Crippen molar-refractivity contribution in [2.24, 2.45) is 5.92 Å². The molecule has 0 radical (unpaired) electrons. The lowest BCUT2D eigenvalue weighted by Crippen LogP contribution is -2.46. The highest BCUT2D eigenvalue weighted by Crippen LogP contribution is 2.32. The summed E-state index contributed by atoms with van der Waals surface area (Å²) in [7, 11) is 0. The quantitative estimate of drug-likeness (QED) is 0.399. The van der Waals surface area contributed by atoms with Crippen LogP contribution in [0.4, 0.5) is 5.69 Å². The van der Waals surface area contributed by atoms with Crippen LogP contribution >= 0.6 is 0 Å². The number of ether oxygens (including phenoxy) is 1. The summed E-state index contributed by atoms with van der Waals surface area (Å²) in [5.74, 6) is -1.90. The number of benzene rings is 2. The van der Waals surface area contributed by atoms with Crippen molar-refractivity contribution in [3.05, 3.63) is 64.7 Å². The van der Waals surface area contributed by atoms with E-state index in [-0.39, 0.29) is 35.3 Å². The first-order chi connectivity index (χ1) is 16.5. The summed E-state index contributed by atoms with van der Waals surface area (Å²) < 4.78 is 5.35. The van der Waals surface area contributed by atoms with Crippen molar-refractivity contribution >= 4 is 29.4 Å². The Labute approximate surface area is 206 Å². The summed E-state index contributed by atoms with van der Waals surface area (Å²) in [4.78, 5) is 52.7. The first-order valence-corrected chi connectivity index (χ1v) is 12.1. The van der Waals surface area contributed by atoms with Gasteiger partial charge in [0.25, 0.3) is 17.7 Å². The average molecular weight is 479 g/mol. The fraction of sp³-hybridized carbons (Fsp3) is 0.429. The zero-order valence-corrected chi connectivity index (χ0v) is 21.3. The van der Waals surface area contributed by atoms with Crippen LogP contribution in [0.25, 0.3) is 0 Å². The minimum absolute atomic E-state index is 0.0113. The lowest BCUT2D eigenvalue weighted by molar-refractivity contribution is -0.151. The van der Waals surface area contributed by atoms with Gasteiger partial charge in [-0.15, -0.1) is 0 Å². The molecule has 1 atom stereocenters. The molecule has 7 nitrogen and oxygen atoms in total. The van der Waals surface area contributed by atoms with Crippen LogP contribution < -0.4 is 5.32 Å². The summed E-state index contributed by atoms with van der Waals surface area (Å²) in [5, 5.41) is 2.91. The third-order valence-electron chi connectivity index (χ3n) is 6.09. The van der Waals surface area contributed by atoms with E-state index in [1.807, 2.05) is 59.7 Å². The molecule has 186 valence electrons. The van der Waals surface area contributed by atoms with Gasteiger partial charge in [-0.05, 0) is 47.4 Å². The Morgan fingerprint density at radius 3 is 1.80 bits per heavy atom. The fourth-order valence-corrected chi connectivity index (χ4v) is 4.35. The van der Waals surface area contributed by atoms with Gasteiger partial charge in [0, 0.05) is 5.69 Å². The molecular weight excluding hydrogens is 444 g/mol. The number of esters is 1. The van der Waals surface area contributed by atoms with Crippen LogP contribution in [0.15, 0.2) is 42.5 Å². The van der Waals surface area contributed by atoms with Gasteiger partial charge in [-0.3, -0.25) is 19.3 Å². The number of rotatable bonds is 9. The molecule has 0 unspecified atom stereocenters. The molecule has 35 heavy (non-hydrogen) atoms. The molecule has 0 aromatic heterocycles. The van der Waals surface area contributed by atoms with Gasteiger partial charge in [-0.25, -0.2) is 4.79 Å². The zero-order chi connectivity index (χ0) is 25.9. The Morgan fingerprint density at radius 1 is 0.829 bits per heavy atom. The van der Waals surface area contributed by atoms with Gasteiger partial charge in [-0.2, -0.15) is 0 Å². The van der Waals surface area contributed by atoms with E-state index in [1.54, 1.807) is 24.3 Å². The maximum Gasteiger partial charge on any atom is 0.329 e. The third kappa shape index (κ3) is 5.61. The molecule has 0 fully saturated rings. The van der Waals surface area contributed by atoms with Gasteiger partial charge in [0.2, 0.25) is 0 Å².